The molecule has 6 aromatic carbocycles. The number of fused-ring (bicyclic) bond motifs is 12. The molecule has 0 N–H and O–H groups in total. The van der Waals surface area contributed by atoms with Gasteiger partial charge in [-0.25, -0.2) is 0 Å². The lowest BCUT2D eigenvalue weighted by atomic mass is 9.63. The van der Waals surface area contributed by atoms with E-state index in [1.54, 1.807) is 0 Å². The third-order valence-electron chi connectivity index (χ3n) is 8.64. The van der Waals surface area contributed by atoms with Crippen molar-refractivity contribution in [3.8, 4) is 22.3 Å². The fraction of sp³-hybridized carbons (Fsp3) is 0.0286. The van der Waals surface area contributed by atoms with Gasteiger partial charge < -0.3 is 4.90 Å². The van der Waals surface area contributed by atoms with Gasteiger partial charge in [0.05, 0.1) is 22.5 Å². The SMILES string of the molecule is Brc1ccc2c(c1)C1(c3ccccc3-c3ccccc31)c1ccc3cccc4c3c1N2c1ccccc1-4. The summed E-state index contributed by atoms with van der Waals surface area (Å²) in [7, 11) is 0. The van der Waals surface area contributed by atoms with Crippen molar-refractivity contribution in [3.63, 3.8) is 0 Å². The monoisotopic (exact) mass is 533 g/mol. The van der Waals surface area contributed by atoms with Gasteiger partial charge in [0.15, 0.2) is 0 Å². The molecular formula is C35H20BrN. The van der Waals surface area contributed by atoms with Crippen LogP contribution in [0.5, 0.6) is 0 Å². The lowest BCUT2D eigenvalue weighted by molar-refractivity contribution is 0.753. The van der Waals surface area contributed by atoms with Crippen LogP contribution in [-0.2, 0) is 5.41 Å². The molecule has 0 unspecified atom stereocenters. The van der Waals surface area contributed by atoms with Crippen molar-refractivity contribution in [2.45, 2.75) is 5.41 Å². The van der Waals surface area contributed by atoms with E-state index >= 15 is 0 Å². The van der Waals surface area contributed by atoms with Crippen LogP contribution in [0.4, 0.5) is 17.1 Å². The highest BCUT2D eigenvalue weighted by atomic mass is 79.9. The zero-order valence-electron chi connectivity index (χ0n) is 19.9. The average Bonchev–Trinajstić information content (AvgIpc) is 3.24. The molecule has 0 aromatic heterocycles. The first-order valence-electron chi connectivity index (χ1n) is 12.7. The minimum Gasteiger partial charge on any atom is -0.309 e. The molecule has 2 aliphatic heterocycles. The van der Waals surface area contributed by atoms with E-state index in [0.29, 0.717) is 0 Å². The Balaban J connectivity index is 1.57. The first-order valence-corrected chi connectivity index (χ1v) is 13.5. The molecule has 2 heteroatoms. The van der Waals surface area contributed by atoms with Crippen LogP contribution in [0.15, 0.2) is 126 Å². The summed E-state index contributed by atoms with van der Waals surface area (Å²) in [5.74, 6) is 0. The Bertz CT molecular complexity index is 1920. The van der Waals surface area contributed by atoms with Gasteiger partial charge in [0.25, 0.3) is 0 Å². The summed E-state index contributed by atoms with van der Waals surface area (Å²) in [4.78, 5) is 2.52. The van der Waals surface area contributed by atoms with Gasteiger partial charge in [0, 0.05) is 15.4 Å². The highest BCUT2D eigenvalue weighted by molar-refractivity contribution is 9.10. The summed E-state index contributed by atoms with van der Waals surface area (Å²) in [6.07, 6.45) is 0. The van der Waals surface area contributed by atoms with E-state index in [1.807, 2.05) is 0 Å². The largest absolute Gasteiger partial charge is 0.309 e. The van der Waals surface area contributed by atoms with Crippen molar-refractivity contribution in [2.24, 2.45) is 0 Å². The zero-order valence-corrected chi connectivity index (χ0v) is 21.5. The summed E-state index contributed by atoms with van der Waals surface area (Å²) >= 11 is 3.85. The molecule has 9 rings (SSSR count). The third kappa shape index (κ3) is 2.23. The number of hydrogen-bond acceptors (Lipinski definition) is 1. The second-order valence-corrected chi connectivity index (χ2v) is 11.1. The predicted molar refractivity (Wildman–Crippen MR) is 156 cm³/mol. The van der Waals surface area contributed by atoms with Crippen molar-refractivity contribution < 1.29 is 0 Å². The van der Waals surface area contributed by atoms with Crippen molar-refractivity contribution >= 4 is 43.8 Å². The van der Waals surface area contributed by atoms with Crippen LogP contribution in [-0.4, -0.2) is 0 Å². The quantitative estimate of drug-likeness (QED) is 0.187. The Labute approximate surface area is 223 Å². The molecule has 0 bridgehead atoms. The standard InChI is InChI=1S/C35H20BrN/c36-22-17-19-32-30(20-22)35(27-13-4-1-9-23(27)24-10-2-5-14-28(24)35)29-18-16-21-8-7-12-26-25-11-3-6-15-31(25)37(32)34(29)33(21)26/h1-20H. The van der Waals surface area contributed by atoms with Gasteiger partial charge in [0.2, 0.25) is 0 Å². The lowest BCUT2D eigenvalue weighted by Crippen LogP contribution is -2.37. The number of halogens is 1. The van der Waals surface area contributed by atoms with E-state index in [2.05, 4.69) is 142 Å². The molecule has 0 amide bonds. The highest BCUT2D eigenvalue weighted by Gasteiger charge is 2.52. The number of nitrogens with zero attached hydrogens (tertiary/aromatic N) is 1. The van der Waals surface area contributed by atoms with Crippen molar-refractivity contribution in [1.29, 1.82) is 0 Å². The fourth-order valence-corrected chi connectivity index (χ4v) is 7.71. The van der Waals surface area contributed by atoms with E-state index < -0.39 is 5.41 Å². The number of hydrogen-bond donors (Lipinski definition) is 0. The summed E-state index contributed by atoms with van der Waals surface area (Å²) in [6.45, 7) is 0. The zero-order chi connectivity index (χ0) is 24.3. The number of anilines is 3. The van der Waals surface area contributed by atoms with Crippen LogP contribution in [0.25, 0.3) is 33.0 Å². The molecule has 0 radical (unpaired) electrons. The minimum absolute atomic E-state index is 0.397. The summed E-state index contributed by atoms with van der Waals surface area (Å²) in [5, 5.41) is 2.62. The number of rotatable bonds is 0. The molecular weight excluding hydrogens is 514 g/mol. The fourth-order valence-electron chi connectivity index (χ4n) is 7.35. The van der Waals surface area contributed by atoms with Gasteiger partial charge >= 0.3 is 0 Å². The van der Waals surface area contributed by atoms with Crippen LogP contribution in [0.2, 0.25) is 0 Å². The lowest BCUT2D eigenvalue weighted by Gasteiger charge is -2.47. The van der Waals surface area contributed by atoms with E-state index in [9.17, 15) is 0 Å². The van der Waals surface area contributed by atoms with Gasteiger partial charge in [-0.1, -0.05) is 113 Å². The number of benzene rings is 6. The summed E-state index contributed by atoms with van der Waals surface area (Å²) in [5.41, 5.74) is 14.1. The minimum atomic E-state index is -0.397. The van der Waals surface area contributed by atoms with Crippen LogP contribution >= 0.6 is 15.9 Å². The first kappa shape index (κ1) is 20.0. The normalized spacial score (nSPS) is 14.8. The van der Waals surface area contributed by atoms with E-state index in [-0.39, 0.29) is 0 Å². The van der Waals surface area contributed by atoms with Crippen LogP contribution in [0, 0.1) is 0 Å². The highest BCUT2D eigenvalue weighted by Crippen LogP contribution is 2.66. The van der Waals surface area contributed by atoms with Crippen LogP contribution < -0.4 is 4.90 Å². The maximum absolute atomic E-state index is 3.85. The Morgan fingerprint density at radius 2 is 1.16 bits per heavy atom. The van der Waals surface area contributed by atoms with E-state index in [0.717, 1.165) is 4.47 Å². The molecule has 3 aliphatic rings. The Kier molecular flexibility index (Phi) is 3.66. The first-order chi connectivity index (χ1) is 18.3. The van der Waals surface area contributed by atoms with Gasteiger partial charge in [-0.3, -0.25) is 0 Å². The van der Waals surface area contributed by atoms with Gasteiger partial charge in [-0.2, -0.15) is 0 Å². The Morgan fingerprint density at radius 1 is 0.486 bits per heavy atom. The second-order valence-electron chi connectivity index (χ2n) is 10.2. The van der Waals surface area contributed by atoms with E-state index in [1.165, 1.54) is 72.3 Å². The maximum atomic E-state index is 3.85. The topological polar surface area (TPSA) is 3.24 Å². The van der Waals surface area contributed by atoms with Crippen molar-refractivity contribution in [3.05, 3.63) is 148 Å². The second kappa shape index (κ2) is 6.79. The van der Waals surface area contributed by atoms with Gasteiger partial charge in [-0.15, -0.1) is 0 Å². The Hall–Kier alpha value is -4.14. The molecule has 1 aliphatic carbocycles. The van der Waals surface area contributed by atoms with Crippen LogP contribution in [0.3, 0.4) is 0 Å². The molecule has 6 aromatic rings. The van der Waals surface area contributed by atoms with Crippen molar-refractivity contribution in [1.82, 2.24) is 0 Å². The molecule has 172 valence electrons. The molecule has 0 saturated heterocycles. The molecule has 2 heterocycles. The summed E-state index contributed by atoms with van der Waals surface area (Å²) < 4.78 is 1.10. The molecule has 37 heavy (non-hydrogen) atoms. The maximum Gasteiger partial charge on any atom is 0.0754 e. The van der Waals surface area contributed by atoms with Gasteiger partial charge in [0.1, 0.15) is 0 Å². The molecule has 1 spiro atoms. The van der Waals surface area contributed by atoms with Crippen molar-refractivity contribution in [2.75, 3.05) is 4.90 Å². The predicted octanol–water partition coefficient (Wildman–Crippen LogP) is 9.73. The van der Waals surface area contributed by atoms with E-state index in [4.69, 9.17) is 0 Å². The van der Waals surface area contributed by atoms with Crippen LogP contribution in [0.1, 0.15) is 22.3 Å². The molecule has 1 nitrogen and oxygen atoms in total. The Morgan fingerprint density at radius 3 is 1.95 bits per heavy atom. The third-order valence-corrected chi connectivity index (χ3v) is 9.13. The summed E-state index contributed by atoms with van der Waals surface area (Å²) in [6, 6.07) is 45.2. The smallest absolute Gasteiger partial charge is 0.0754 e. The number of para-hydroxylation sites is 1. The molecule has 0 fully saturated rings. The van der Waals surface area contributed by atoms with Gasteiger partial charge in [-0.05, 0) is 68.6 Å². The molecule has 0 saturated carbocycles. The molecule has 0 atom stereocenters. The average molecular weight is 534 g/mol.